The highest BCUT2D eigenvalue weighted by atomic mass is 15.5. The maximum Gasteiger partial charge on any atom is 0.182 e. The first-order chi connectivity index (χ1) is 7.11. The third-order valence-corrected chi connectivity index (χ3v) is 2.64. The first-order valence-corrected chi connectivity index (χ1v) is 5.31. The third-order valence-electron chi connectivity index (χ3n) is 2.64. The molecule has 0 bridgehead atoms. The monoisotopic (exact) mass is 204 g/mol. The molecule has 0 aliphatic heterocycles. The number of pyridine rings is 1. The zero-order chi connectivity index (χ0) is 11.0. The average Bonchev–Trinajstić information content (AvgIpc) is 2.62. The molecule has 2 rings (SSSR count). The minimum atomic E-state index is 0.442. The minimum Gasteiger partial charge on any atom is -0.200 e. The molecular weight excluding hydrogens is 188 g/mol. The molecule has 0 saturated carbocycles. The van der Waals surface area contributed by atoms with E-state index in [1.165, 1.54) is 11.1 Å². The van der Waals surface area contributed by atoms with E-state index in [1.807, 2.05) is 6.20 Å². The molecule has 4 nitrogen and oxygen atoms in total. The molecule has 2 aromatic rings. The lowest BCUT2D eigenvalue weighted by atomic mass is 9.92. The molecule has 0 aromatic carbocycles. The predicted molar refractivity (Wildman–Crippen MR) is 59.0 cm³/mol. The van der Waals surface area contributed by atoms with Gasteiger partial charge in [-0.15, -0.1) is 5.10 Å². The fourth-order valence-electron chi connectivity index (χ4n) is 1.94. The van der Waals surface area contributed by atoms with Crippen LogP contribution in [0.25, 0.3) is 5.65 Å². The normalized spacial score (nSPS) is 11.9. The van der Waals surface area contributed by atoms with E-state index in [0.717, 1.165) is 5.65 Å². The van der Waals surface area contributed by atoms with Crippen LogP contribution < -0.4 is 0 Å². The number of hydrogen-bond donors (Lipinski definition) is 0. The molecule has 0 radical (unpaired) electrons. The van der Waals surface area contributed by atoms with Crippen LogP contribution in [0.2, 0.25) is 0 Å². The van der Waals surface area contributed by atoms with Crippen molar-refractivity contribution >= 4 is 5.65 Å². The molecule has 0 amide bonds. The zero-order valence-electron chi connectivity index (χ0n) is 9.60. The Morgan fingerprint density at radius 2 is 1.87 bits per heavy atom. The van der Waals surface area contributed by atoms with Crippen molar-refractivity contribution in [2.45, 2.75) is 39.5 Å². The molecule has 15 heavy (non-hydrogen) atoms. The summed E-state index contributed by atoms with van der Waals surface area (Å²) in [5.41, 5.74) is 3.49. The quantitative estimate of drug-likeness (QED) is 0.754. The molecule has 4 heteroatoms. The summed E-state index contributed by atoms with van der Waals surface area (Å²) in [6.07, 6.45) is 1.93. The molecular formula is C11H16N4. The maximum absolute atomic E-state index is 4.08. The highest BCUT2D eigenvalue weighted by molar-refractivity contribution is 5.52. The van der Waals surface area contributed by atoms with Crippen molar-refractivity contribution in [1.82, 2.24) is 20.0 Å². The second-order valence-corrected chi connectivity index (χ2v) is 4.44. The summed E-state index contributed by atoms with van der Waals surface area (Å²) >= 11 is 0. The van der Waals surface area contributed by atoms with Crippen LogP contribution in [0.4, 0.5) is 0 Å². The standard InChI is InChI=1S/C11H16N4/c1-7(2)9-5-6-15-11(12-13-14-15)10(9)8(3)4/h5-8H,1-4H3. The molecule has 0 unspecified atom stereocenters. The third kappa shape index (κ3) is 1.60. The van der Waals surface area contributed by atoms with Gasteiger partial charge in [0.25, 0.3) is 0 Å². The Bertz CT molecular complexity index is 470. The Hall–Kier alpha value is -1.45. The Morgan fingerprint density at radius 1 is 1.13 bits per heavy atom. The van der Waals surface area contributed by atoms with Crippen molar-refractivity contribution in [2.75, 3.05) is 0 Å². The number of aromatic nitrogens is 4. The fourth-order valence-corrected chi connectivity index (χ4v) is 1.94. The van der Waals surface area contributed by atoms with Gasteiger partial charge in [0, 0.05) is 11.8 Å². The molecule has 0 fully saturated rings. The minimum absolute atomic E-state index is 0.442. The molecule has 0 atom stereocenters. The van der Waals surface area contributed by atoms with Gasteiger partial charge in [0.15, 0.2) is 5.65 Å². The summed E-state index contributed by atoms with van der Waals surface area (Å²) in [5, 5.41) is 11.7. The van der Waals surface area contributed by atoms with Gasteiger partial charge in [0.1, 0.15) is 0 Å². The molecule has 2 heterocycles. The summed E-state index contributed by atoms with van der Waals surface area (Å²) in [6, 6.07) is 2.11. The summed E-state index contributed by atoms with van der Waals surface area (Å²) in [6.45, 7) is 8.74. The lowest BCUT2D eigenvalue weighted by Gasteiger charge is -2.15. The predicted octanol–water partition coefficient (Wildman–Crippen LogP) is 2.37. The van der Waals surface area contributed by atoms with Crippen LogP contribution in [-0.4, -0.2) is 20.0 Å². The van der Waals surface area contributed by atoms with Crippen LogP contribution in [0.15, 0.2) is 12.3 Å². The zero-order valence-corrected chi connectivity index (χ0v) is 9.60. The molecule has 0 aliphatic carbocycles. The Morgan fingerprint density at radius 3 is 2.47 bits per heavy atom. The molecule has 80 valence electrons. The van der Waals surface area contributed by atoms with E-state index in [4.69, 9.17) is 0 Å². The Balaban J connectivity index is 2.75. The van der Waals surface area contributed by atoms with Crippen molar-refractivity contribution in [2.24, 2.45) is 0 Å². The van der Waals surface area contributed by atoms with Crippen molar-refractivity contribution in [1.29, 1.82) is 0 Å². The molecule has 0 spiro atoms. The Kier molecular flexibility index (Phi) is 2.42. The number of nitrogens with zero attached hydrogens (tertiary/aromatic N) is 4. The van der Waals surface area contributed by atoms with E-state index < -0.39 is 0 Å². The van der Waals surface area contributed by atoms with Crippen LogP contribution in [0.3, 0.4) is 0 Å². The smallest absolute Gasteiger partial charge is 0.182 e. The topological polar surface area (TPSA) is 43.1 Å². The van der Waals surface area contributed by atoms with Crippen LogP contribution in [-0.2, 0) is 0 Å². The van der Waals surface area contributed by atoms with Crippen LogP contribution in [0.5, 0.6) is 0 Å². The van der Waals surface area contributed by atoms with Gasteiger partial charge in [-0.25, -0.2) is 4.52 Å². The van der Waals surface area contributed by atoms with E-state index >= 15 is 0 Å². The lowest BCUT2D eigenvalue weighted by molar-refractivity contribution is 0.774. The summed E-state index contributed by atoms with van der Waals surface area (Å²) in [7, 11) is 0. The largest absolute Gasteiger partial charge is 0.200 e. The summed E-state index contributed by atoms with van der Waals surface area (Å²) in [5.74, 6) is 0.946. The van der Waals surface area contributed by atoms with Crippen molar-refractivity contribution in [3.63, 3.8) is 0 Å². The average molecular weight is 204 g/mol. The second-order valence-electron chi connectivity index (χ2n) is 4.44. The summed E-state index contributed by atoms with van der Waals surface area (Å²) in [4.78, 5) is 0. The van der Waals surface area contributed by atoms with Crippen molar-refractivity contribution in [3.05, 3.63) is 23.4 Å². The molecule has 0 saturated heterocycles. The van der Waals surface area contributed by atoms with Gasteiger partial charge in [-0.1, -0.05) is 27.7 Å². The van der Waals surface area contributed by atoms with Crippen LogP contribution in [0.1, 0.15) is 50.7 Å². The second kappa shape index (κ2) is 3.61. The number of rotatable bonds is 2. The van der Waals surface area contributed by atoms with Gasteiger partial charge in [-0.2, -0.15) is 0 Å². The Labute approximate surface area is 89.3 Å². The van der Waals surface area contributed by atoms with Gasteiger partial charge >= 0.3 is 0 Å². The van der Waals surface area contributed by atoms with Gasteiger partial charge < -0.3 is 0 Å². The van der Waals surface area contributed by atoms with Gasteiger partial charge in [0.2, 0.25) is 0 Å². The first-order valence-electron chi connectivity index (χ1n) is 5.31. The van der Waals surface area contributed by atoms with Crippen LogP contribution >= 0.6 is 0 Å². The number of tetrazole rings is 1. The van der Waals surface area contributed by atoms with E-state index in [1.54, 1.807) is 4.52 Å². The first kappa shape index (κ1) is 10.1. The number of fused-ring (bicyclic) bond motifs is 1. The van der Waals surface area contributed by atoms with Gasteiger partial charge in [-0.3, -0.25) is 0 Å². The van der Waals surface area contributed by atoms with Crippen LogP contribution in [0, 0.1) is 0 Å². The van der Waals surface area contributed by atoms with Gasteiger partial charge in [0.05, 0.1) is 0 Å². The van der Waals surface area contributed by atoms with Gasteiger partial charge in [-0.05, 0) is 33.9 Å². The van der Waals surface area contributed by atoms with Crippen molar-refractivity contribution in [3.8, 4) is 0 Å². The van der Waals surface area contributed by atoms with E-state index in [0.29, 0.717) is 11.8 Å². The molecule has 0 N–H and O–H groups in total. The fraction of sp³-hybridized carbons (Fsp3) is 0.545. The van der Waals surface area contributed by atoms with E-state index in [-0.39, 0.29) is 0 Å². The van der Waals surface area contributed by atoms with E-state index in [9.17, 15) is 0 Å². The molecule has 0 aliphatic rings. The molecule has 2 aromatic heterocycles. The highest BCUT2D eigenvalue weighted by Gasteiger charge is 2.15. The lowest BCUT2D eigenvalue weighted by Crippen LogP contribution is -2.03. The summed E-state index contributed by atoms with van der Waals surface area (Å²) < 4.78 is 1.74. The highest BCUT2D eigenvalue weighted by Crippen LogP contribution is 2.28. The van der Waals surface area contributed by atoms with E-state index in [2.05, 4.69) is 49.3 Å². The maximum atomic E-state index is 4.08. The van der Waals surface area contributed by atoms with Crippen molar-refractivity contribution < 1.29 is 0 Å². The SMILES string of the molecule is CC(C)c1ccn2nnnc2c1C(C)C. The number of hydrogen-bond acceptors (Lipinski definition) is 3.